The highest BCUT2D eigenvalue weighted by molar-refractivity contribution is 5.36. The highest BCUT2D eigenvalue weighted by Gasteiger charge is 2.18. The summed E-state index contributed by atoms with van der Waals surface area (Å²) in [6, 6.07) is 18.0. The number of aryl methyl sites for hydroxylation is 1. The highest BCUT2D eigenvalue weighted by Crippen LogP contribution is 2.21. The minimum atomic E-state index is 0.660. The summed E-state index contributed by atoms with van der Waals surface area (Å²) >= 11 is 0. The van der Waals surface area contributed by atoms with Gasteiger partial charge in [-0.3, -0.25) is 4.90 Å². The van der Waals surface area contributed by atoms with Crippen LogP contribution in [0.2, 0.25) is 0 Å². The van der Waals surface area contributed by atoms with Crippen molar-refractivity contribution in [3.8, 4) is 5.75 Å². The average molecular weight is 338 g/mol. The first-order chi connectivity index (χ1) is 12.2. The lowest BCUT2D eigenvalue weighted by Crippen LogP contribution is -2.42. The Morgan fingerprint density at radius 2 is 1.80 bits per heavy atom. The molecule has 2 aromatic carbocycles. The van der Waals surface area contributed by atoms with Crippen molar-refractivity contribution in [2.24, 2.45) is 0 Å². The van der Waals surface area contributed by atoms with Crippen LogP contribution in [-0.2, 0) is 13.0 Å². The van der Waals surface area contributed by atoms with E-state index in [4.69, 9.17) is 4.74 Å². The van der Waals surface area contributed by atoms with Gasteiger partial charge in [-0.15, -0.1) is 0 Å². The van der Waals surface area contributed by atoms with Crippen LogP contribution in [0.5, 0.6) is 5.75 Å². The van der Waals surface area contributed by atoms with Gasteiger partial charge >= 0.3 is 0 Å². The molecule has 0 atom stereocenters. The van der Waals surface area contributed by atoms with E-state index < -0.39 is 0 Å². The topological polar surface area (TPSA) is 24.5 Å². The number of likely N-dealkylation sites (tertiary alicyclic amines) is 1. The molecule has 1 aliphatic rings. The van der Waals surface area contributed by atoms with Crippen molar-refractivity contribution in [1.82, 2.24) is 10.2 Å². The number of ether oxygens (including phenoxy) is 1. The summed E-state index contributed by atoms with van der Waals surface area (Å²) in [6.45, 7) is 6.52. The molecule has 0 unspecified atom stereocenters. The maximum Gasteiger partial charge on any atom is 0.122 e. The van der Waals surface area contributed by atoms with Crippen LogP contribution in [0, 0.1) is 6.92 Å². The molecule has 0 spiro atoms. The quantitative estimate of drug-likeness (QED) is 0.831. The first kappa shape index (κ1) is 18.0. The van der Waals surface area contributed by atoms with Gasteiger partial charge in [0.15, 0.2) is 0 Å². The minimum Gasteiger partial charge on any atom is -0.496 e. The molecule has 0 saturated carbocycles. The first-order valence-electron chi connectivity index (χ1n) is 9.38. The first-order valence-corrected chi connectivity index (χ1v) is 9.38. The van der Waals surface area contributed by atoms with E-state index in [-0.39, 0.29) is 0 Å². The minimum absolute atomic E-state index is 0.660. The van der Waals surface area contributed by atoms with Gasteiger partial charge in [-0.1, -0.05) is 42.5 Å². The Hall–Kier alpha value is -1.84. The molecule has 1 heterocycles. The second kappa shape index (κ2) is 9.02. The number of hydrogen-bond acceptors (Lipinski definition) is 3. The van der Waals surface area contributed by atoms with Crippen LogP contribution in [0.1, 0.15) is 29.5 Å². The largest absolute Gasteiger partial charge is 0.496 e. The summed E-state index contributed by atoms with van der Waals surface area (Å²) in [6.07, 6.45) is 3.58. The Morgan fingerprint density at radius 3 is 2.52 bits per heavy atom. The number of benzene rings is 2. The predicted octanol–water partition coefficient (Wildman–Crippen LogP) is 3.80. The molecule has 3 nitrogen and oxygen atoms in total. The van der Waals surface area contributed by atoms with Gasteiger partial charge in [0.25, 0.3) is 0 Å². The van der Waals surface area contributed by atoms with Crippen LogP contribution in [0.3, 0.4) is 0 Å². The Bertz CT molecular complexity index is 648. The van der Waals surface area contributed by atoms with Crippen molar-refractivity contribution in [3.63, 3.8) is 0 Å². The zero-order chi connectivity index (χ0) is 17.5. The predicted molar refractivity (Wildman–Crippen MR) is 104 cm³/mol. The molecule has 0 bridgehead atoms. The van der Waals surface area contributed by atoms with Gasteiger partial charge in [-0.2, -0.15) is 0 Å². The van der Waals surface area contributed by atoms with Crippen molar-refractivity contribution >= 4 is 0 Å². The molecule has 1 fully saturated rings. The Kier molecular flexibility index (Phi) is 6.48. The third-order valence-corrected chi connectivity index (χ3v) is 5.16. The smallest absolute Gasteiger partial charge is 0.122 e. The molecular formula is C22H30N2O. The molecule has 134 valence electrons. The van der Waals surface area contributed by atoms with Gasteiger partial charge in [-0.05, 0) is 68.6 Å². The lowest BCUT2D eigenvalue weighted by Gasteiger charge is -2.32. The van der Waals surface area contributed by atoms with E-state index in [1.54, 1.807) is 7.11 Å². The van der Waals surface area contributed by atoms with E-state index in [2.05, 4.69) is 65.7 Å². The molecule has 25 heavy (non-hydrogen) atoms. The summed E-state index contributed by atoms with van der Waals surface area (Å²) < 4.78 is 5.44. The Morgan fingerprint density at radius 1 is 1.04 bits per heavy atom. The third-order valence-electron chi connectivity index (χ3n) is 5.16. The van der Waals surface area contributed by atoms with Gasteiger partial charge in [0.1, 0.15) is 5.75 Å². The fourth-order valence-electron chi connectivity index (χ4n) is 3.58. The molecule has 0 aromatic heterocycles. The van der Waals surface area contributed by atoms with Gasteiger partial charge in [0.05, 0.1) is 7.11 Å². The van der Waals surface area contributed by atoms with E-state index in [1.807, 2.05) is 0 Å². The molecule has 0 radical (unpaired) electrons. The van der Waals surface area contributed by atoms with Gasteiger partial charge in [-0.25, -0.2) is 0 Å². The van der Waals surface area contributed by atoms with Gasteiger partial charge in [0, 0.05) is 12.6 Å². The standard InChI is InChI=1S/C22H30N2O/c1-18-8-9-20(16-22(18)25-2)17-24-14-11-21(12-15-24)23-13-10-19-6-4-3-5-7-19/h3-9,16,21,23H,10-15,17H2,1-2H3. The number of hydrogen-bond donors (Lipinski definition) is 1. The zero-order valence-electron chi connectivity index (χ0n) is 15.5. The van der Waals surface area contributed by atoms with E-state index in [0.717, 1.165) is 25.3 Å². The second-order valence-electron chi connectivity index (χ2n) is 7.04. The summed E-state index contributed by atoms with van der Waals surface area (Å²) in [5.41, 5.74) is 3.96. The SMILES string of the molecule is COc1cc(CN2CCC(NCCc3ccccc3)CC2)ccc1C. The van der Waals surface area contributed by atoms with Crippen molar-refractivity contribution < 1.29 is 4.74 Å². The summed E-state index contributed by atoms with van der Waals surface area (Å²) in [7, 11) is 1.75. The molecule has 1 N–H and O–H groups in total. The Labute approximate surface area is 152 Å². The van der Waals surface area contributed by atoms with Crippen molar-refractivity contribution in [2.75, 3.05) is 26.7 Å². The number of rotatable bonds is 7. The molecule has 0 aliphatic carbocycles. The van der Waals surface area contributed by atoms with Gasteiger partial charge in [0.2, 0.25) is 0 Å². The lowest BCUT2D eigenvalue weighted by atomic mass is 10.0. The number of piperidine rings is 1. The van der Waals surface area contributed by atoms with Crippen LogP contribution in [-0.4, -0.2) is 37.7 Å². The zero-order valence-corrected chi connectivity index (χ0v) is 15.5. The maximum absolute atomic E-state index is 5.44. The highest BCUT2D eigenvalue weighted by atomic mass is 16.5. The summed E-state index contributed by atoms with van der Waals surface area (Å²) in [4.78, 5) is 2.56. The average Bonchev–Trinajstić information content (AvgIpc) is 2.65. The maximum atomic E-state index is 5.44. The molecule has 3 rings (SSSR count). The van der Waals surface area contributed by atoms with Crippen molar-refractivity contribution in [3.05, 3.63) is 65.2 Å². The molecule has 3 heteroatoms. The van der Waals surface area contributed by atoms with Crippen LogP contribution >= 0.6 is 0 Å². The van der Waals surface area contributed by atoms with Crippen molar-refractivity contribution in [1.29, 1.82) is 0 Å². The fourth-order valence-corrected chi connectivity index (χ4v) is 3.58. The Balaban J connectivity index is 1.40. The molecule has 1 aliphatic heterocycles. The molecular weight excluding hydrogens is 308 g/mol. The molecule has 1 saturated heterocycles. The summed E-state index contributed by atoms with van der Waals surface area (Å²) in [5, 5.41) is 3.73. The number of nitrogens with one attached hydrogen (secondary N) is 1. The van der Waals surface area contributed by atoms with E-state index >= 15 is 0 Å². The third kappa shape index (κ3) is 5.32. The fraction of sp³-hybridized carbons (Fsp3) is 0.455. The molecule has 2 aromatic rings. The monoisotopic (exact) mass is 338 g/mol. The van der Waals surface area contributed by atoms with Crippen LogP contribution in [0.4, 0.5) is 0 Å². The van der Waals surface area contributed by atoms with Crippen molar-refractivity contribution in [2.45, 2.75) is 38.8 Å². The second-order valence-corrected chi connectivity index (χ2v) is 7.04. The lowest BCUT2D eigenvalue weighted by molar-refractivity contribution is 0.191. The van der Waals surface area contributed by atoms with Crippen LogP contribution in [0.25, 0.3) is 0 Å². The molecule has 0 amide bonds. The number of nitrogens with zero attached hydrogens (tertiary/aromatic N) is 1. The summed E-state index contributed by atoms with van der Waals surface area (Å²) in [5.74, 6) is 0.995. The van der Waals surface area contributed by atoms with E-state index in [0.29, 0.717) is 6.04 Å². The van der Waals surface area contributed by atoms with Gasteiger partial charge < -0.3 is 10.1 Å². The van der Waals surface area contributed by atoms with E-state index in [9.17, 15) is 0 Å². The number of methoxy groups -OCH3 is 1. The van der Waals surface area contributed by atoms with Crippen LogP contribution in [0.15, 0.2) is 48.5 Å². The van der Waals surface area contributed by atoms with Crippen LogP contribution < -0.4 is 10.1 Å². The van der Waals surface area contributed by atoms with E-state index in [1.165, 1.54) is 42.6 Å². The normalized spacial score (nSPS) is 16.1.